The fourth-order valence-electron chi connectivity index (χ4n) is 4.70. The summed E-state index contributed by atoms with van der Waals surface area (Å²) in [7, 11) is 1.65. The predicted molar refractivity (Wildman–Crippen MR) is 151 cm³/mol. The van der Waals surface area contributed by atoms with Gasteiger partial charge in [-0.25, -0.2) is 4.98 Å². The van der Waals surface area contributed by atoms with E-state index in [-0.39, 0.29) is 17.9 Å². The molecule has 0 aliphatic carbocycles. The first-order valence-corrected chi connectivity index (χ1v) is 13.0. The number of aromatic nitrogens is 3. The molecule has 0 saturated heterocycles. The smallest absolute Gasteiger partial charge is 0.251 e. The van der Waals surface area contributed by atoms with Crippen molar-refractivity contribution < 1.29 is 9.59 Å². The fourth-order valence-corrected chi connectivity index (χ4v) is 4.70. The number of hydrogen-bond acceptors (Lipinski definition) is 4. The Morgan fingerprint density at radius 3 is 2.55 bits per heavy atom. The molecule has 0 saturated carbocycles. The van der Waals surface area contributed by atoms with Gasteiger partial charge in [0.25, 0.3) is 5.91 Å². The van der Waals surface area contributed by atoms with Gasteiger partial charge in [0.2, 0.25) is 5.91 Å². The summed E-state index contributed by atoms with van der Waals surface area (Å²) in [6.07, 6.45) is 9.11. The summed E-state index contributed by atoms with van der Waals surface area (Å²) >= 11 is 0. The molecule has 0 aliphatic heterocycles. The third-order valence-corrected chi connectivity index (χ3v) is 6.87. The van der Waals surface area contributed by atoms with Crippen molar-refractivity contribution in [1.82, 2.24) is 25.6 Å². The van der Waals surface area contributed by atoms with E-state index in [2.05, 4.69) is 55.9 Å². The lowest BCUT2D eigenvalue weighted by Gasteiger charge is -2.17. The number of carbonyl (C=O) groups excluding carboxylic acids is 2. The van der Waals surface area contributed by atoms with Crippen LogP contribution in [0.2, 0.25) is 0 Å². The average molecular weight is 506 g/mol. The van der Waals surface area contributed by atoms with Crippen LogP contribution < -0.4 is 10.6 Å². The number of nitrogens with zero attached hydrogens (tertiary/aromatic N) is 2. The van der Waals surface area contributed by atoms with E-state index in [1.165, 1.54) is 5.39 Å². The Morgan fingerprint density at radius 2 is 1.68 bits per heavy atom. The van der Waals surface area contributed by atoms with Crippen LogP contribution in [0.15, 0.2) is 85.3 Å². The molecule has 0 spiro atoms. The molecule has 1 unspecified atom stereocenters. The first-order chi connectivity index (χ1) is 18.6. The van der Waals surface area contributed by atoms with Gasteiger partial charge in [-0.2, -0.15) is 0 Å². The number of rotatable bonds is 10. The fraction of sp³-hybridized carbons (Fsp3) is 0.226. The van der Waals surface area contributed by atoms with Gasteiger partial charge in [-0.1, -0.05) is 55.3 Å². The van der Waals surface area contributed by atoms with E-state index in [9.17, 15) is 9.59 Å². The van der Waals surface area contributed by atoms with Crippen LogP contribution in [0.4, 0.5) is 0 Å². The molecule has 0 aliphatic rings. The molecule has 3 aromatic carbocycles. The SMILES string of the molecule is CNC(=O)CCCCCC(NC(=O)c1ccc2cnccc2c1)c1ncc(-c2ccc3ccccc3c2)[nH]1. The summed E-state index contributed by atoms with van der Waals surface area (Å²) in [6.45, 7) is 0. The van der Waals surface area contributed by atoms with Crippen molar-refractivity contribution in [2.24, 2.45) is 0 Å². The quantitative estimate of drug-likeness (QED) is 0.204. The molecule has 2 heterocycles. The molecular formula is C31H31N5O2. The topological polar surface area (TPSA) is 99.8 Å². The molecule has 2 aromatic heterocycles. The molecule has 7 nitrogen and oxygen atoms in total. The lowest BCUT2D eigenvalue weighted by Crippen LogP contribution is -2.29. The van der Waals surface area contributed by atoms with E-state index in [0.717, 1.165) is 52.5 Å². The van der Waals surface area contributed by atoms with Gasteiger partial charge in [-0.15, -0.1) is 0 Å². The number of amides is 2. The van der Waals surface area contributed by atoms with Crippen LogP contribution >= 0.6 is 0 Å². The van der Waals surface area contributed by atoms with Crippen molar-refractivity contribution in [3.8, 4) is 11.3 Å². The van der Waals surface area contributed by atoms with Gasteiger partial charge in [-0.05, 0) is 53.3 Å². The molecule has 0 fully saturated rings. The monoisotopic (exact) mass is 505 g/mol. The highest BCUT2D eigenvalue weighted by Gasteiger charge is 2.19. The van der Waals surface area contributed by atoms with Crippen molar-refractivity contribution in [3.63, 3.8) is 0 Å². The highest BCUT2D eigenvalue weighted by atomic mass is 16.2. The van der Waals surface area contributed by atoms with Gasteiger partial charge in [0.15, 0.2) is 0 Å². The molecule has 3 N–H and O–H groups in total. The summed E-state index contributed by atoms with van der Waals surface area (Å²) < 4.78 is 0. The third kappa shape index (κ3) is 5.89. The Balaban J connectivity index is 1.35. The number of H-pyrrole nitrogens is 1. The average Bonchev–Trinajstić information content (AvgIpc) is 3.46. The number of benzene rings is 3. The Labute approximate surface area is 221 Å². The normalized spacial score (nSPS) is 11.9. The summed E-state index contributed by atoms with van der Waals surface area (Å²) in [5.41, 5.74) is 2.54. The van der Waals surface area contributed by atoms with Gasteiger partial charge in [0, 0.05) is 42.4 Å². The van der Waals surface area contributed by atoms with E-state index < -0.39 is 0 Å². The maximum absolute atomic E-state index is 13.3. The Hall–Kier alpha value is -4.52. The van der Waals surface area contributed by atoms with Crippen LogP contribution in [0, 0.1) is 0 Å². The number of aromatic amines is 1. The van der Waals surface area contributed by atoms with E-state index in [1.54, 1.807) is 19.4 Å². The van der Waals surface area contributed by atoms with Crippen LogP contribution in [0.1, 0.15) is 54.3 Å². The lowest BCUT2D eigenvalue weighted by molar-refractivity contribution is -0.120. The van der Waals surface area contributed by atoms with Gasteiger partial charge < -0.3 is 15.6 Å². The molecule has 192 valence electrons. The minimum atomic E-state index is -0.287. The zero-order valence-electron chi connectivity index (χ0n) is 21.4. The number of fused-ring (bicyclic) bond motifs is 2. The predicted octanol–water partition coefficient (Wildman–Crippen LogP) is 5.95. The standard InChI is InChI=1S/C31H31N5O2/c1-32-29(37)10-4-2-3-9-27(36-31(38)25-13-14-26-19-33-16-15-23(26)18-25)30-34-20-28(35-30)24-12-11-21-7-5-6-8-22(21)17-24/h5-8,11-20,27H,2-4,9-10H2,1H3,(H,32,37)(H,34,35)(H,36,38). The zero-order valence-corrected chi connectivity index (χ0v) is 21.4. The first-order valence-electron chi connectivity index (χ1n) is 13.0. The molecule has 5 rings (SSSR count). The van der Waals surface area contributed by atoms with Crippen LogP contribution in [0.25, 0.3) is 32.8 Å². The van der Waals surface area contributed by atoms with Crippen molar-refractivity contribution >= 4 is 33.4 Å². The van der Waals surface area contributed by atoms with Crippen LogP contribution in [0.5, 0.6) is 0 Å². The maximum atomic E-state index is 13.3. The Kier molecular flexibility index (Phi) is 7.73. The second-order valence-corrected chi connectivity index (χ2v) is 9.48. The summed E-state index contributed by atoms with van der Waals surface area (Å²) in [5, 5.41) is 10.2. The summed E-state index contributed by atoms with van der Waals surface area (Å²) in [5.74, 6) is 0.618. The van der Waals surface area contributed by atoms with Gasteiger partial charge >= 0.3 is 0 Å². The Morgan fingerprint density at radius 1 is 0.868 bits per heavy atom. The van der Waals surface area contributed by atoms with Gasteiger partial charge in [0.05, 0.1) is 17.9 Å². The summed E-state index contributed by atoms with van der Waals surface area (Å²) in [6, 6.07) is 21.8. The Bertz CT molecular complexity index is 1580. The molecular weight excluding hydrogens is 474 g/mol. The minimum Gasteiger partial charge on any atom is -0.359 e. The maximum Gasteiger partial charge on any atom is 0.251 e. The number of nitrogens with one attached hydrogen (secondary N) is 3. The van der Waals surface area contributed by atoms with E-state index >= 15 is 0 Å². The number of pyridine rings is 1. The highest BCUT2D eigenvalue weighted by Crippen LogP contribution is 2.26. The van der Waals surface area contributed by atoms with E-state index in [1.807, 2.05) is 42.6 Å². The number of imidazole rings is 1. The number of carbonyl (C=O) groups is 2. The molecule has 5 aromatic rings. The first kappa shape index (κ1) is 25.1. The number of unbranched alkanes of at least 4 members (excludes halogenated alkanes) is 2. The van der Waals surface area contributed by atoms with Crippen molar-refractivity contribution in [1.29, 1.82) is 0 Å². The highest BCUT2D eigenvalue weighted by molar-refractivity contribution is 5.98. The second-order valence-electron chi connectivity index (χ2n) is 9.48. The number of hydrogen-bond donors (Lipinski definition) is 3. The molecule has 7 heteroatoms. The molecule has 2 amide bonds. The van der Waals surface area contributed by atoms with Gasteiger partial charge in [0.1, 0.15) is 5.82 Å². The van der Waals surface area contributed by atoms with E-state index in [4.69, 9.17) is 0 Å². The minimum absolute atomic E-state index is 0.0485. The van der Waals surface area contributed by atoms with Crippen LogP contribution in [0.3, 0.4) is 0 Å². The van der Waals surface area contributed by atoms with Crippen molar-refractivity contribution in [2.75, 3.05) is 7.05 Å². The molecule has 1 atom stereocenters. The molecule has 38 heavy (non-hydrogen) atoms. The summed E-state index contributed by atoms with van der Waals surface area (Å²) in [4.78, 5) is 37.1. The van der Waals surface area contributed by atoms with E-state index in [0.29, 0.717) is 18.4 Å². The van der Waals surface area contributed by atoms with Crippen molar-refractivity contribution in [3.05, 3.63) is 96.7 Å². The molecule has 0 bridgehead atoms. The van der Waals surface area contributed by atoms with Crippen LogP contribution in [-0.4, -0.2) is 33.8 Å². The van der Waals surface area contributed by atoms with Crippen LogP contribution in [-0.2, 0) is 4.79 Å². The third-order valence-electron chi connectivity index (χ3n) is 6.87. The molecule has 0 radical (unpaired) electrons. The second kappa shape index (κ2) is 11.7. The largest absolute Gasteiger partial charge is 0.359 e. The lowest BCUT2D eigenvalue weighted by atomic mass is 10.0. The zero-order chi connectivity index (χ0) is 26.3. The van der Waals surface area contributed by atoms with Crippen molar-refractivity contribution in [2.45, 2.75) is 38.1 Å². The van der Waals surface area contributed by atoms with Gasteiger partial charge in [-0.3, -0.25) is 14.6 Å².